The van der Waals surface area contributed by atoms with Crippen LogP contribution >= 0.6 is 0 Å². The highest BCUT2D eigenvalue weighted by Gasteiger charge is 2.44. The van der Waals surface area contributed by atoms with E-state index in [1.807, 2.05) is 12.1 Å². The Morgan fingerprint density at radius 1 is 1.16 bits per heavy atom. The Hall–Kier alpha value is -2.37. The van der Waals surface area contributed by atoms with E-state index in [4.69, 9.17) is 0 Å². The van der Waals surface area contributed by atoms with Gasteiger partial charge >= 0.3 is 0 Å². The van der Waals surface area contributed by atoms with Crippen LogP contribution in [0.4, 0.5) is 5.82 Å². The quantitative estimate of drug-likeness (QED) is 0.737. The molecule has 0 aromatic carbocycles. The summed E-state index contributed by atoms with van der Waals surface area (Å²) in [6, 6.07) is 4.12. The van der Waals surface area contributed by atoms with Crippen molar-refractivity contribution in [2.75, 3.05) is 31.1 Å². The second-order valence-corrected chi connectivity index (χ2v) is 9.76. The molecule has 1 aromatic heterocycles. The minimum atomic E-state index is -0.0234. The van der Waals surface area contributed by atoms with E-state index >= 15 is 0 Å². The molecule has 1 aliphatic carbocycles. The lowest BCUT2D eigenvalue weighted by Gasteiger charge is -2.52. The summed E-state index contributed by atoms with van der Waals surface area (Å²) in [5.41, 5.74) is 2.16. The van der Waals surface area contributed by atoms with E-state index in [1.54, 1.807) is 6.20 Å². The van der Waals surface area contributed by atoms with E-state index in [0.29, 0.717) is 42.3 Å². The highest BCUT2D eigenvalue weighted by molar-refractivity contribution is 5.98. The van der Waals surface area contributed by atoms with Crippen molar-refractivity contribution < 1.29 is 9.59 Å². The summed E-state index contributed by atoms with van der Waals surface area (Å²) in [6.07, 6.45) is 14.0. The highest BCUT2D eigenvalue weighted by atomic mass is 16.2. The molecule has 3 aliphatic heterocycles. The topological polar surface area (TPSA) is 65.5 Å². The minimum Gasteiger partial charge on any atom is -0.355 e. The van der Waals surface area contributed by atoms with Crippen molar-refractivity contribution in [2.24, 2.45) is 11.8 Å². The molecule has 166 valence electrons. The standard InChI is InChI=1S/C25H34N4O2/c30-23-10-4-9-22-20-14-19(16-29(22)23)15-28(17-20)24-21(8-5-12-26-24)25(31)27-13-11-18-6-2-1-3-7-18/h5-6,8,12,19-20,22H,1-4,7,9-11,13-17H2,(H,27,31)/t19-,20-,22-/m1/s1. The molecule has 0 unspecified atom stereocenters. The molecular formula is C25H34N4O2. The third kappa shape index (κ3) is 4.35. The van der Waals surface area contributed by atoms with Crippen LogP contribution in [0.2, 0.25) is 0 Å². The van der Waals surface area contributed by atoms with Gasteiger partial charge in [-0.05, 0) is 75.3 Å². The van der Waals surface area contributed by atoms with Crippen molar-refractivity contribution in [3.63, 3.8) is 0 Å². The highest BCUT2D eigenvalue weighted by Crippen LogP contribution is 2.39. The molecule has 5 rings (SSSR count). The molecule has 2 amide bonds. The first-order valence-corrected chi connectivity index (χ1v) is 12.1. The summed E-state index contributed by atoms with van der Waals surface area (Å²) < 4.78 is 0. The van der Waals surface area contributed by atoms with Crippen molar-refractivity contribution in [1.29, 1.82) is 0 Å². The zero-order valence-electron chi connectivity index (χ0n) is 18.4. The Balaban J connectivity index is 1.26. The largest absolute Gasteiger partial charge is 0.355 e. The molecule has 3 atom stereocenters. The average Bonchev–Trinajstić information content (AvgIpc) is 2.80. The maximum Gasteiger partial charge on any atom is 0.255 e. The Kier molecular flexibility index (Phi) is 5.97. The lowest BCUT2D eigenvalue weighted by molar-refractivity contribution is -0.142. The van der Waals surface area contributed by atoms with Crippen LogP contribution in [0.25, 0.3) is 0 Å². The maximum atomic E-state index is 13.0. The van der Waals surface area contributed by atoms with Gasteiger partial charge in [0.15, 0.2) is 0 Å². The normalized spacial score (nSPS) is 28.1. The van der Waals surface area contributed by atoms with Crippen LogP contribution in [0, 0.1) is 11.8 Å². The first-order chi connectivity index (χ1) is 15.2. The summed E-state index contributed by atoms with van der Waals surface area (Å²) in [7, 11) is 0. The number of hydrogen-bond donors (Lipinski definition) is 1. The molecule has 3 saturated heterocycles. The SMILES string of the molecule is O=C(NCCC1=CCCCC1)c1cccnc1N1C[C@H]2C[C@H](C1)[C@H]1CCCC(=O)N1C2. The van der Waals surface area contributed by atoms with Crippen LogP contribution in [0.15, 0.2) is 30.0 Å². The van der Waals surface area contributed by atoms with Crippen LogP contribution in [0.1, 0.15) is 68.1 Å². The van der Waals surface area contributed by atoms with Crippen LogP contribution in [0.3, 0.4) is 0 Å². The predicted molar refractivity (Wildman–Crippen MR) is 121 cm³/mol. The number of pyridine rings is 1. The van der Waals surface area contributed by atoms with E-state index in [0.717, 1.165) is 44.7 Å². The Morgan fingerprint density at radius 3 is 2.97 bits per heavy atom. The van der Waals surface area contributed by atoms with Gasteiger partial charge < -0.3 is 15.1 Å². The second kappa shape index (κ2) is 9.01. The van der Waals surface area contributed by atoms with Crippen molar-refractivity contribution in [3.05, 3.63) is 35.5 Å². The monoisotopic (exact) mass is 422 g/mol. The number of hydrogen-bond acceptors (Lipinski definition) is 4. The van der Waals surface area contributed by atoms with Gasteiger partial charge in [-0.1, -0.05) is 11.6 Å². The van der Waals surface area contributed by atoms with Gasteiger partial charge in [0, 0.05) is 44.8 Å². The van der Waals surface area contributed by atoms with E-state index in [9.17, 15) is 9.59 Å². The molecule has 1 aromatic rings. The number of amides is 2. The third-order valence-corrected chi connectivity index (χ3v) is 7.63. The molecule has 31 heavy (non-hydrogen) atoms. The summed E-state index contributed by atoms with van der Waals surface area (Å²) in [5, 5.41) is 3.13. The summed E-state index contributed by atoms with van der Waals surface area (Å²) in [6.45, 7) is 3.30. The molecule has 0 spiro atoms. The zero-order chi connectivity index (χ0) is 21.2. The van der Waals surface area contributed by atoms with E-state index in [2.05, 4.69) is 26.2 Å². The van der Waals surface area contributed by atoms with E-state index in [-0.39, 0.29) is 5.91 Å². The van der Waals surface area contributed by atoms with Gasteiger partial charge in [0.25, 0.3) is 5.91 Å². The number of piperidine rings is 3. The van der Waals surface area contributed by atoms with E-state index < -0.39 is 0 Å². The molecular weight excluding hydrogens is 388 g/mol. The number of carbonyl (C=O) groups excluding carboxylic acids is 2. The molecule has 6 heteroatoms. The van der Waals surface area contributed by atoms with Crippen molar-refractivity contribution in [2.45, 2.75) is 63.8 Å². The van der Waals surface area contributed by atoms with Crippen molar-refractivity contribution in [1.82, 2.24) is 15.2 Å². The number of carbonyl (C=O) groups is 2. The predicted octanol–water partition coefficient (Wildman–Crippen LogP) is 3.54. The smallest absolute Gasteiger partial charge is 0.255 e. The Morgan fingerprint density at radius 2 is 2.10 bits per heavy atom. The van der Waals surface area contributed by atoms with Gasteiger partial charge in [0.1, 0.15) is 5.82 Å². The van der Waals surface area contributed by atoms with Gasteiger partial charge in [-0.2, -0.15) is 0 Å². The number of anilines is 1. The summed E-state index contributed by atoms with van der Waals surface area (Å²) in [4.78, 5) is 34.5. The summed E-state index contributed by atoms with van der Waals surface area (Å²) >= 11 is 0. The Bertz CT molecular complexity index is 867. The lowest BCUT2D eigenvalue weighted by atomic mass is 9.76. The lowest BCUT2D eigenvalue weighted by Crippen LogP contribution is -2.60. The molecule has 0 saturated carbocycles. The van der Waals surface area contributed by atoms with Gasteiger partial charge in [-0.3, -0.25) is 9.59 Å². The van der Waals surface area contributed by atoms with Crippen LogP contribution in [0.5, 0.6) is 0 Å². The first kappa shape index (κ1) is 20.5. The molecule has 6 nitrogen and oxygen atoms in total. The average molecular weight is 423 g/mol. The molecule has 2 bridgehead atoms. The van der Waals surface area contributed by atoms with Gasteiger partial charge in [-0.25, -0.2) is 4.98 Å². The fourth-order valence-electron chi connectivity index (χ4n) is 6.17. The maximum absolute atomic E-state index is 13.0. The number of nitrogens with one attached hydrogen (secondary N) is 1. The number of allylic oxidation sites excluding steroid dienone is 1. The fraction of sp³-hybridized carbons (Fsp3) is 0.640. The van der Waals surface area contributed by atoms with Gasteiger partial charge in [-0.15, -0.1) is 0 Å². The number of aromatic nitrogens is 1. The molecule has 4 aliphatic rings. The summed E-state index contributed by atoms with van der Waals surface area (Å²) in [5.74, 6) is 2.07. The van der Waals surface area contributed by atoms with Gasteiger partial charge in [0.2, 0.25) is 5.91 Å². The first-order valence-electron chi connectivity index (χ1n) is 12.1. The number of fused-ring (bicyclic) bond motifs is 4. The van der Waals surface area contributed by atoms with Crippen LogP contribution in [-0.2, 0) is 4.79 Å². The van der Waals surface area contributed by atoms with Crippen molar-refractivity contribution in [3.8, 4) is 0 Å². The van der Waals surface area contributed by atoms with Crippen LogP contribution in [-0.4, -0.2) is 53.9 Å². The molecule has 1 N–H and O–H groups in total. The Labute approximate surface area is 185 Å². The zero-order valence-corrected chi connectivity index (χ0v) is 18.4. The molecule has 0 radical (unpaired) electrons. The second-order valence-electron chi connectivity index (χ2n) is 9.76. The third-order valence-electron chi connectivity index (χ3n) is 7.63. The molecule has 4 heterocycles. The van der Waals surface area contributed by atoms with E-state index in [1.165, 1.54) is 37.7 Å². The minimum absolute atomic E-state index is 0.0234. The van der Waals surface area contributed by atoms with Crippen LogP contribution < -0.4 is 10.2 Å². The number of rotatable bonds is 5. The number of nitrogens with zero attached hydrogens (tertiary/aromatic N) is 3. The fourth-order valence-corrected chi connectivity index (χ4v) is 6.17. The van der Waals surface area contributed by atoms with Gasteiger partial charge in [0.05, 0.1) is 5.56 Å². The molecule has 3 fully saturated rings. The van der Waals surface area contributed by atoms with Crippen molar-refractivity contribution >= 4 is 17.6 Å².